The fraction of sp³-hybridized carbons (Fsp3) is 0.875. The second-order valence-corrected chi connectivity index (χ2v) is 3.26. The minimum atomic E-state index is 0.110. The summed E-state index contributed by atoms with van der Waals surface area (Å²) in [5.74, 6) is 0.110. The Kier molecular flexibility index (Phi) is 2.49. The highest BCUT2D eigenvalue weighted by molar-refractivity contribution is 5.78. The summed E-state index contributed by atoms with van der Waals surface area (Å²) >= 11 is 0. The van der Waals surface area contributed by atoms with Crippen LogP contribution in [0.25, 0.3) is 0 Å². The number of carbonyl (C=O) groups is 1. The Morgan fingerprint density at radius 3 is 2.64 bits per heavy atom. The van der Waals surface area contributed by atoms with E-state index in [9.17, 15) is 4.79 Å². The predicted molar refractivity (Wildman–Crippen MR) is 42.3 cm³/mol. The number of rotatable bonds is 1. The molecule has 64 valence electrons. The molecular formula is C8H15NO2. The van der Waals surface area contributed by atoms with Crippen molar-refractivity contribution in [2.45, 2.75) is 32.9 Å². The summed E-state index contributed by atoms with van der Waals surface area (Å²) in [6, 6.07) is 0.526. The van der Waals surface area contributed by atoms with Gasteiger partial charge in [-0.1, -0.05) is 0 Å². The Morgan fingerprint density at radius 1 is 1.64 bits per heavy atom. The van der Waals surface area contributed by atoms with Gasteiger partial charge in [-0.3, -0.25) is 4.79 Å². The summed E-state index contributed by atoms with van der Waals surface area (Å²) < 4.78 is 5.08. The predicted octanol–water partition coefficient (Wildman–Crippen LogP) is 0.642. The SMILES string of the molecule is CC(C)N1C(=O)COC[C@@H]1C. The fourth-order valence-corrected chi connectivity index (χ4v) is 1.51. The van der Waals surface area contributed by atoms with Crippen LogP contribution in [0.3, 0.4) is 0 Å². The van der Waals surface area contributed by atoms with Crippen LogP contribution in [0.15, 0.2) is 0 Å². The van der Waals surface area contributed by atoms with Crippen molar-refractivity contribution in [3.63, 3.8) is 0 Å². The molecule has 1 amide bonds. The molecule has 0 unspecified atom stereocenters. The van der Waals surface area contributed by atoms with Crippen LogP contribution in [-0.4, -0.2) is 36.1 Å². The summed E-state index contributed by atoms with van der Waals surface area (Å²) in [5, 5.41) is 0. The third-order valence-electron chi connectivity index (χ3n) is 1.90. The van der Waals surface area contributed by atoms with E-state index in [1.54, 1.807) is 0 Å². The quantitative estimate of drug-likeness (QED) is 0.559. The van der Waals surface area contributed by atoms with Gasteiger partial charge in [-0.05, 0) is 20.8 Å². The molecule has 1 fully saturated rings. The van der Waals surface area contributed by atoms with Crippen LogP contribution >= 0.6 is 0 Å². The maximum Gasteiger partial charge on any atom is 0.249 e. The lowest BCUT2D eigenvalue weighted by molar-refractivity contribution is -0.149. The Bertz CT molecular complexity index is 156. The zero-order valence-corrected chi connectivity index (χ0v) is 7.33. The average molecular weight is 157 g/mol. The van der Waals surface area contributed by atoms with Gasteiger partial charge in [-0.15, -0.1) is 0 Å². The van der Waals surface area contributed by atoms with Crippen LogP contribution in [0, 0.1) is 0 Å². The first-order valence-electron chi connectivity index (χ1n) is 4.02. The van der Waals surface area contributed by atoms with Crippen molar-refractivity contribution in [3.8, 4) is 0 Å². The number of nitrogens with zero attached hydrogens (tertiary/aromatic N) is 1. The number of amides is 1. The van der Waals surface area contributed by atoms with Crippen LogP contribution in [0.5, 0.6) is 0 Å². The first-order valence-corrected chi connectivity index (χ1v) is 4.02. The maximum absolute atomic E-state index is 11.2. The molecule has 0 N–H and O–H groups in total. The Labute approximate surface area is 67.3 Å². The molecule has 0 saturated carbocycles. The molecule has 1 heterocycles. The van der Waals surface area contributed by atoms with Crippen molar-refractivity contribution in [2.75, 3.05) is 13.2 Å². The molecule has 1 rings (SSSR count). The van der Waals surface area contributed by atoms with Gasteiger partial charge in [0.2, 0.25) is 5.91 Å². The number of hydrogen-bond acceptors (Lipinski definition) is 2. The van der Waals surface area contributed by atoms with Crippen LogP contribution in [0.4, 0.5) is 0 Å². The number of carbonyl (C=O) groups excluding carboxylic acids is 1. The van der Waals surface area contributed by atoms with E-state index in [0.29, 0.717) is 12.6 Å². The van der Waals surface area contributed by atoms with Gasteiger partial charge in [-0.2, -0.15) is 0 Å². The van der Waals surface area contributed by atoms with Crippen molar-refractivity contribution in [1.82, 2.24) is 4.90 Å². The van der Waals surface area contributed by atoms with E-state index in [1.165, 1.54) is 0 Å². The normalized spacial score (nSPS) is 26.4. The fourth-order valence-electron chi connectivity index (χ4n) is 1.51. The molecule has 1 atom stereocenters. The molecule has 0 aliphatic carbocycles. The van der Waals surface area contributed by atoms with Crippen molar-refractivity contribution in [1.29, 1.82) is 0 Å². The lowest BCUT2D eigenvalue weighted by atomic mass is 10.2. The van der Waals surface area contributed by atoms with Crippen LogP contribution in [-0.2, 0) is 9.53 Å². The minimum absolute atomic E-state index is 0.110. The number of ether oxygens (including phenoxy) is 1. The molecule has 0 bridgehead atoms. The van der Waals surface area contributed by atoms with E-state index in [1.807, 2.05) is 25.7 Å². The van der Waals surface area contributed by atoms with Gasteiger partial charge in [-0.25, -0.2) is 0 Å². The second kappa shape index (κ2) is 3.22. The van der Waals surface area contributed by atoms with Gasteiger partial charge in [0.05, 0.1) is 12.6 Å². The highest BCUT2D eigenvalue weighted by Crippen LogP contribution is 2.10. The molecule has 0 aromatic heterocycles. The topological polar surface area (TPSA) is 29.5 Å². The third kappa shape index (κ3) is 1.71. The molecule has 0 radical (unpaired) electrons. The second-order valence-electron chi connectivity index (χ2n) is 3.26. The van der Waals surface area contributed by atoms with Crippen LogP contribution < -0.4 is 0 Å². The van der Waals surface area contributed by atoms with Crippen LogP contribution in [0.2, 0.25) is 0 Å². The summed E-state index contributed by atoms with van der Waals surface area (Å²) in [5.41, 5.74) is 0. The Hall–Kier alpha value is -0.570. The van der Waals surface area contributed by atoms with Gasteiger partial charge < -0.3 is 9.64 Å². The largest absolute Gasteiger partial charge is 0.370 e. The Morgan fingerprint density at radius 2 is 2.27 bits per heavy atom. The summed E-state index contributed by atoms with van der Waals surface area (Å²) in [7, 11) is 0. The Balaban J connectivity index is 2.63. The summed E-state index contributed by atoms with van der Waals surface area (Å²) in [6.45, 7) is 6.99. The van der Waals surface area contributed by atoms with Crippen molar-refractivity contribution in [2.24, 2.45) is 0 Å². The zero-order valence-electron chi connectivity index (χ0n) is 7.33. The lowest BCUT2D eigenvalue weighted by Crippen LogP contribution is -2.51. The lowest BCUT2D eigenvalue weighted by Gasteiger charge is -2.36. The van der Waals surface area contributed by atoms with Gasteiger partial charge in [0.1, 0.15) is 6.61 Å². The molecule has 11 heavy (non-hydrogen) atoms. The zero-order chi connectivity index (χ0) is 8.43. The van der Waals surface area contributed by atoms with Gasteiger partial charge in [0.25, 0.3) is 0 Å². The molecule has 3 nitrogen and oxygen atoms in total. The molecular weight excluding hydrogens is 142 g/mol. The smallest absolute Gasteiger partial charge is 0.249 e. The van der Waals surface area contributed by atoms with Gasteiger partial charge in [0, 0.05) is 6.04 Å². The average Bonchev–Trinajstić information content (AvgIpc) is 1.85. The third-order valence-corrected chi connectivity index (χ3v) is 1.90. The van der Waals surface area contributed by atoms with E-state index in [4.69, 9.17) is 4.74 Å². The molecule has 1 saturated heterocycles. The van der Waals surface area contributed by atoms with E-state index >= 15 is 0 Å². The molecule has 0 spiro atoms. The van der Waals surface area contributed by atoms with Gasteiger partial charge in [0.15, 0.2) is 0 Å². The minimum Gasteiger partial charge on any atom is -0.370 e. The molecule has 3 heteroatoms. The maximum atomic E-state index is 11.2. The van der Waals surface area contributed by atoms with Crippen molar-refractivity contribution >= 4 is 5.91 Å². The highest BCUT2D eigenvalue weighted by atomic mass is 16.5. The summed E-state index contributed by atoms with van der Waals surface area (Å²) in [6.07, 6.45) is 0. The van der Waals surface area contributed by atoms with Gasteiger partial charge >= 0.3 is 0 Å². The van der Waals surface area contributed by atoms with E-state index in [-0.39, 0.29) is 18.6 Å². The van der Waals surface area contributed by atoms with Crippen molar-refractivity contribution in [3.05, 3.63) is 0 Å². The van der Waals surface area contributed by atoms with Crippen LogP contribution in [0.1, 0.15) is 20.8 Å². The molecule has 1 aliphatic heterocycles. The number of hydrogen-bond donors (Lipinski definition) is 0. The van der Waals surface area contributed by atoms with E-state index in [2.05, 4.69) is 0 Å². The monoisotopic (exact) mass is 157 g/mol. The van der Waals surface area contributed by atoms with Crippen molar-refractivity contribution < 1.29 is 9.53 Å². The van der Waals surface area contributed by atoms with E-state index < -0.39 is 0 Å². The first kappa shape index (κ1) is 8.53. The molecule has 0 aromatic carbocycles. The number of morpholine rings is 1. The first-order chi connectivity index (χ1) is 5.13. The highest BCUT2D eigenvalue weighted by Gasteiger charge is 2.26. The standard InChI is InChI=1S/C8H15NO2/c1-6(2)9-7(3)4-11-5-8(9)10/h6-7H,4-5H2,1-3H3/t7-/m0/s1. The molecule has 0 aromatic rings. The molecule has 1 aliphatic rings. The summed E-state index contributed by atoms with van der Waals surface area (Å²) in [4.78, 5) is 13.1. The van der Waals surface area contributed by atoms with E-state index in [0.717, 1.165) is 0 Å².